The molecule has 1 aliphatic rings. The van der Waals surface area contributed by atoms with Crippen molar-refractivity contribution in [1.29, 1.82) is 0 Å². The Balaban J connectivity index is 1.49. The van der Waals surface area contributed by atoms with Gasteiger partial charge in [0.2, 0.25) is 0 Å². The van der Waals surface area contributed by atoms with Gasteiger partial charge in [0.15, 0.2) is 0 Å². The van der Waals surface area contributed by atoms with Gasteiger partial charge >= 0.3 is 7.48 Å². The predicted octanol–water partition coefficient (Wildman–Crippen LogP) is 6.20. The normalized spacial score (nSPS) is 13.3. The van der Waals surface area contributed by atoms with E-state index in [2.05, 4.69) is 54.6 Å². The molecule has 0 bridgehead atoms. The van der Waals surface area contributed by atoms with Crippen molar-refractivity contribution < 1.29 is 14.2 Å². The van der Waals surface area contributed by atoms with E-state index in [4.69, 9.17) is 9.07 Å². The first kappa shape index (κ1) is 19.6. The van der Waals surface area contributed by atoms with Crippen LogP contribution in [0.4, 0.5) is 0 Å². The smallest absolute Gasteiger partial charge is 0.331 e. The zero-order valence-corrected chi connectivity index (χ0v) is 18.7. The summed E-state index contributed by atoms with van der Waals surface area (Å²) in [5.41, 5.74) is 6.00. The lowest BCUT2D eigenvalue weighted by molar-refractivity contribution is -0.0893. The summed E-state index contributed by atoms with van der Waals surface area (Å²) in [6, 6.07) is 23.4. The molecular weight excluding hydrogens is 395 g/mol. The Morgan fingerprint density at radius 2 is 1.53 bits per heavy atom. The molecule has 0 aliphatic heterocycles. The molecule has 0 saturated carbocycles. The summed E-state index contributed by atoms with van der Waals surface area (Å²) in [6.07, 6.45) is 0. The summed E-state index contributed by atoms with van der Waals surface area (Å²) in [5.74, 6) is 0. The molecule has 157 valence electrons. The third-order valence-electron chi connectivity index (χ3n) is 7.09. The first-order chi connectivity index (χ1) is 15.2. The molecule has 0 unspecified atom stereocenters. The SMILES string of the molecule is CC(C)(O)C(C)(C)O[B]c1ccc2c(c1)oc1ccc3c(c12)-c1cccc2cccc-3c12. The Morgan fingerprint density at radius 1 is 0.781 bits per heavy atom. The Hall–Kier alpha value is -3.08. The molecule has 4 aromatic carbocycles. The highest BCUT2D eigenvalue weighted by Gasteiger charge is 2.35. The minimum absolute atomic E-state index is 0.721. The topological polar surface area (TPSA) is 42.6 Å². The monoisotopic (exact) mass is 419 g/mol. The summed E-state index contributed by atoms with van der Waals surface area (Å²) in [4.78, 5) is 0. The second-order valence-electron chi connectivity index (χ2n) is 9.73. The van der Waals surface area contributed by atoms with Crippen LogP contribution in [0, 0.1) is 0 Å². The Kier molecular flexibility index (Phi) is 3.96. The highest BCUT2D eigenvalue weighted by Crippen LogP contribution is 2.51. The molecular formula is C28H24BO3. The van der Waals surface area contributed by atoms with E-state index < -0.39 is 11.2 Å². The number of hydrogen-bond acceptors (Lipinski definition) is 3. The quantitative estimate of drug-likeness (QED) is 0.346. The predicted molar refractivity (Wildman–Crippen MR) is 133 cm³/mol. The molecule has 3 nitrogen and oxygen atoms in total. The number of rotatable bonds is 4. The largest absolute Gasteiger partial charge is 0.456 e. The van der Waals surface area contributed by atoms with E-state index in [-0.39, 0.29) is 0 Å². The molecule has 0 spiro atoms. The standard InChI is InChI=1S/C28H24BO3/c1-27(2,30)28(3,4)32-29-17-11-12-20-23(15-17)31-22-14-13-19-18-9-5-7-16-8-6-10-21(24(16)18)25(19)26(20)22/h5-15,30H,1-4H3. The van der Waals surface area contributed by atoms with E-state index in [0.29, 0.717) is 0 Å². The van der Waals surface area contributed by atoms with E-state index in [0.717, 1.165) is 27.4 Å². The molecule has 1 N–H and O–H groups in total. The van der Waals surface area contributed by atoms with Crippen molar-refractivity contribution in [1.82, 2.24) is 0 Å². The van der Waals surface area contributed by atoms with Gasteiger partial charge in [-0.3, -0.25) is 0 Å². The zero-order chi connectivity index (χ0) is 22.3. The lowest BCUT2D eigenvalue weighted by Gasteiger charge is -2.37. The lowest BCUT2D eigenvalue weighted by Crippen LogP contribution is -2.49. The summed E-state index contributed by atoms with van der Waals surface area (Å²) >= 11 is 0. The molecule has 1 heterocycles. The van der Waals surface area contributed by atoms with Crippen LogP contribution in [0.3, 0.4) is 0 Å². The Morgan fingerprint density at radius 3 is 2.28 bits per heavy atom. The highest BCUT2D eigenvalue weighted by molar-refractivity contribution is 6.47. The Labute approximate surface area is 187 Å². The summed E-state index contributed by atoms with van der Waals surface area (Å²) in [6.45, 7) is 7.26. The van der Waals surface area contributed by atoms with Gasteiger partial charge in [-0.1, -0.05) is 48.5 Å². The van der Waals surface area contributed by atoms with Crippen molar-refractivity contribution in [3.8, 4) is 22.3 Å². The van der Waals surface area contributed by atoms with Crippen LogP contribution in [0.1, 0.15) is 27.7 Å². The maximum Gasteiger partial charge on any atom is 0.331 e. The average Bonchev–Trinajstić information content (AvgIpc) is 3.28. The van der Waals surface area contributed by atoms with Gasteiger partial charge in [0.25, 0.3) is 0 Å². The summed E-state index contributed by atoms with van der Waals surface area (Å²) < 4.78 is 12.2. The van der Waals surface area contributed by atoms with Crippen LogP contribution >= 0.6 is 0 Å². The van der Waals surface area contributed by atoms with Crippen LogP contribution < -0.4 is 5.46 Å². The number of hydrogen-bond donors (Lipinski definition) is 1. The Bertz CT molecular complexity index is 1530. The highest BCUT2D eigenvalue weighted by atomic mass is 16.5. The average molecular weight is 419 g/mol. The first-order valence-corrected chi connectivity index (χ1v) is 11.0. The van der Waals surface area contributed by atoms with Crippen LogP contribution in [0.25, 0.3) is 55.0 Å². The molecule has 0 amide bonds. The molecule has 1 aromatic heterocycles. The first-order valence-electron chi connectivity index (χ1n) is 11.0. The second kappa shape index (κ2) is 6.47. The van der Waals surface area contributed by atoms with Gasteiger partial charge in [0, 0.05) is 16.3 Å². The fourth-order valence-corrected chi connectivity index (χ4v) is 4.60. The van der Waals surface area contributed by atoms with Crippen molar-refractivity contribution in [3.63, 3.8) is 0 Å². The molecule has 1 aliphatic carbocycles. The zero-order valence-electron chi connectivity index (χ0n) is 18.7. The second-order valence-corrected chi connectivity index (χ2v) is 9.73. The lowest BCUT2D eigenvalue weighted by atomic mass is 9.82. The van der Waals surface area contributed by atoms with Crippen molar-refractivity contribution in [2.45, 2.75) is 38.9 Å². The van der Waals surface area contributed by atoms with Crippen molar-refractivity contribution in [2.75, 3.05) is 0 Å². The molecule has 1 radical (unpaired) electrons. The maximum absolute atomic E-state index is 10.4. The van der Waals surface area contributed by atoms with Gasteiger partial charge in [-0.25, -0.2) is 0 Å². The van der Waals surface area contributed by atoms with Crippen molar-refractivity contribution in [2.24, 2.45) is 0 Å². The molecule has 32 heavy (non-hydrogen) atoms. The molecule has 4 heteroatoms. The van der Waals surface area contributed by atoms with E-state index >= 15 is 0 Å². The van der Waals surface area contributed by atoms with E-state index in [1.165, 1.54) is 33.0 Å². The number of furan rings is 1. The molecule has 5 aromatic rings. The molecule has 0 fully saturated rings. The van der Waals surface area contributed by atoms with Gasteiger partial charge in [-0.05, 0) is 78.8 Å². The molecule has 6 rings (SSSR count). The van der Waals surface area contributed by atoms with E-state index in [9.17, 15) is 5.11 Å². The van der Waals surface area contributed by atoms with Crippen LogP contribution in [0.2, 0.25) is 0 Å². The van der Waals surface area contributed by atoms with Gasteiger partial charge in [-0.15, -0.1) is 0 Å². The third-order valence-corrected chi connectivity index (χ3v) is 7.09. The van der Waals surface area contributed by atoms with Crippen LogP contribution in [-0.2, 0) is 4.65 Å². The van der Waals surface area contributed by atoms with Crippen molar-refractivity contribution in [3.05, 3.63) is 66.7 Å². The maximum atomic E-state index is 10.4. The van der Waals surface area contributed by atoms with Gasteiger partial charge < -0.3 is 14.2 Å². The van der Waals surface area contributed by atoms with Crippen LogP contribution in [0.15, 0.2) is 71.1 Å². The van der Waals surface area contributed by atoms with Crippen LogP contribution in [-0.4, -0.2) is 23.8 Å². The summed E-state index contributed by atoms with van der Waals surface area (Å²) in [5, 5.41) is 15.2. The fraction of sp³-hybridized carbons (Fsp3) is 0.214. The van der Waals surface area contributed by atoms with E-state index in [1.807, 2.05) is 26.0 Å². The van der Waals surface area contributed by atoms with Gasteiger partial charge in [0.05, 0.1) is 11.2 Å². The van der Waals surface area contributed by atoms with Crippen LogP contribution in [0.5, 0.6) is 0 Å². The third kappa shape index (κ3) is 2.70. The molecule has 0 saturated heterocycles. The number of aliphatic hydroxyl groups is 1. The minimum atomic E-state index is -0.969. The van der Waals surface area contributed by atoms with Crippen molar-refractivity contribution >= 4 is 45.7 Å². The minimum Gasteiger partial charge on any atom is -0.456 e. The fourth-order valence-electron chi connectivity index (χ4n) is 4.60. The van der Waals surface area contributed by atoms with Gasteiger partial charge in [0.1, 0.15) is 11.2 Å². The van der Waals surface area contributed by atoms with E-state index in [1.54, 1.807) is 21.3 Å². The number of fused-ring (bicyclic) bond motifs is 7. The molecule has 0 atom stereocenters. The summed E-state index contributed by atoms with van der Waals surface area (Å²) in [7, 11) is 1.70. The van der Waals surface area contributed by atoms with Gasteiger partial charge in [-0.2, -0.15) is 0 Å². The number of benzene rings is 4.